The van der Waals surface area contributed by atoms with Crippen LogP contribution in [0.5, 0.6) is 0 Å². The number of esters is 1. The van der Waals surface area contributed by atoms with E-state index >= 15 is 0 Å². The zero-order chi connectivity index (χ0) is 12.3. The van der Waals surface area contributed by atoms with Gasteiger partial charge in [0.05, 0.1) is 5.92 Å². The van der Waals surface area contributed by atoms with Gasteiger partial charge in [-0.1, -0.05) is 13.8 Å². The molecule has 0 aromatic heterocycles. The maximum Gasteiger partial charge on any atom is 0.309 e. The molecule has 0 spiro atoms. The predicted octanol–water partition coefficient (Wildman–Crippen LogP) is 2.21. The van der Waals surface area contributed by atoms with E-state index in [1.807, 2.05) is 20.8 Å². The number of ether oxygens (including phenoxy) is 1. The van der Waals surface area contributed by atoms with Gasteiger partial charge in [0.25, 0.3) is 0 Å². The molecular formula is C13H25NO2. The van der Waals surface area contributed by atoms with Crippen molar-refractivity contribution in [3.05, 3.63) is 0 Å². The quantitative estimate of drug-likeness (QED) is 0.735. The second kappa shape index (κ2) is 5.17. The Morgan fingerprint density at radius 3 is 2.50 bits per heavy atom. The van der Waals surface area contributed by atoms with Crippen LogP contribution in [0, 0.1) is 17.8 Å². The van der Waals surface area contributed by atoms with Gasteiger partial charge in [-0.05, 0) is 52.1 Å². The molecule has 3 nitrogen and oxygen atoms in total. The van der Waals surface area contributed by atoms with Crippen molar-refractivity contribution in [1.29, 1.82) is 0 Å². The molecular weight excluding hydrogens is 202 g/mol. The van der Waals surface area contributed by atoms with Crippen LogP contribution in [-0.4, -0.2) is 24.7 Å². The molecule has 94 valence electrons. The molecule has 1 fully saturated rings. The van der Waals surface area contributed by atoms with Crippen molar-refractivity contribution in [2.75, 3.05) is 13.1 Å². The first-order valence-corrected chi connectivity index (χ1v) is 6.25. The van der Waals surface area contributed by atoms with E-state index in [1.165, 1.54) is 0 Å². The Labute approximate surface area is 98.9 Å². The minimum atomic E-state index is -0.372. The number of carbonyl (C=O) groups is 1. The third-order valence-corrected chi connectivity index (χ3v) is 3.09. The summed E-state index contributed by atoms with van der Waals surface area (Å²) >= 11 is 0. The van der Waals surface area contributed by atoms with E-state index in [0.717, 1.165) is 19.5 Å². The van der Waals surface area contributed by atoms with Crippen LogP contribution >= 0.6 is 0 Å². The van der Waals surface area contributed by atoms with Gasteiger partial charge in [0.2, 0.25) is 0 Å². The summed E-state index contributed by atoms with van der Waals surface area (Å²) in [5.74, 6) is 0.974. The van der Waals surface area contributed by atoms with Gasteiger partial charge in [-0.25, -0.2) is 0 Å². The van der Waals surface area contributed by atoms with Crippen molar-refractivity contribution < 1.29 is 9.53 Å². The van der Waals surface area contributed by atoms with Gasteiger partial charge < -0.3 is 10.1 Å². The lowest BCUT2D eigenvalue weighted by molar-refractivity contribution is -0.163. The maximum absolute atomic E-state index is 12.1. The first-order valence-electron chi connectivity index (χ1n) is 6.25. The molecule has 1 heterocycles. The van der Waals surface area contributed by atoms with Crippen molar-refractivity contribution in [3.63, 3.8) is 0 Å². The second-order valence-corrected chi connectivity index (χ2v) is 6.04. The van der Waals surface area contributed by atoms with Gasteiger partial charge in [-0.3, -0.25) is 4.79 Å². The van der Waals surface area contributed by atoms with Crippen LogP contribution in [0.15, 0.2) is 0 Å². The highest BCUT2D eigenvalue weighted by Crippen LogP contribution is 2.28. The molecule has 0 saturated carbocycles. The van der Waals surface area contributed by atoms with E-state index in [9.17, 15) is 4.79 Å². The molecule has 0 amide bonds. The fraction of sp³-hybridized carbons (Fsp3) is 0.923. The lowest BCUT2D eigenvalue weighted by Gasteiger charge is -2.35. The molecule has 1 N–H and O–H groups in total. The van der Waals surface area contributed by atoms with Gasteiger partial charge in [0.15, 0.2) is 0 Å². The molecule has 1 aliphatic rings. The molecule has 0 aromatic rings. The van der Waals surface area contributed by atoms with E-state index in [-0.39, 0.29) is 17.5 Å². The van der Waals surface area contributed by atoms with Crippen LogP contribution in [0.1, 0.15) is 41.0 Å². The van der Waals surface area contributed by atoms with Crippen molar-refractivity contribution in [3.8, 4) is 0 Å². The Morgan fingerprint density at radius 2 is 2.00 bits per heavy atom. The highest BCUT2D eigenvalue weighted by Gasteiger charge is 2.35. The molecule has 0 unspecified atom stereocenters. The number of hydrogen-bond donors (Lipinski definition) is 1. The highest BCUT2D eigenvalue weighted by atomic mass is 16.6. The SMILES string of the molecule is CC(C)[C@H]1CNCC[C@H]1C(=O)OC(C)(C)C. The molecule has 3 heteroatoms. The minimum Gasteiger partial charge on any atom is -0.460 e. The van der Waals surface area contributed by atoms with E-state index < -0.39 is 0 Å². The van der Waals surface area contributed by atoms with E-state index in [1.54, 1.807) is 0 Å². The zero-order valence-corrected chi connectivity index (χ0v) is 11.2. The van der Waals surface area contributed by atoms with E-state index in [4.69, 9.17) is 4.74 Å². The molecule has 0 aliphatic carbocycles. The van der Waals surface area contributed by atoms with Gasteiger partial charge in [-0.2, -0.15) is 0 Å². The summed E-state index contributed by atoms with van der Waals surface area (Å²) in [6.45, 7) is 12.0. The summed E-state index contributed by atoms with van der Waals surface area (Å²) in [6.07, 6.45) is 0.901. The Hall–Kier alpha value is -0.570. The first-order chi connectivity index (χ1) is 7.31. The van der Waals surface area contributed by atoms with Crippen LogP contribution in [0.3, 0.4) is 0 Å². The molecule has 2 atom stereocenters. The van der Waals surface area contributed by atoms with Crippen LogP contribution in [-0.2, 0) is 9.53 Å². The van der Waals surface area contributed by atoms with Crippen molar-refractivity contribution in [2.24, 2.45) is 17.8 Å². The standard InChI is InChI=1S/C13H25NO2/c1-9(2)11-8-14-7-6-10(11)12(15)16-13(3,4)5/h9-11,14H,6-8H2,1-5H3/t10-,11-/m1/s1. The third-order valence-electron chi connectivity index (χ3n) is 3.09. The monoisotopic (exact) mass is 227 g/mol. The van der Waals surface area contributed by atoms with Crippen LogP contribution < -0.4 is 5.32 Å². The van der Waals surface area contributed by atoms with Gasteiger partial charge >= 0.3 is 5.97 Å². The molecule has 0 aromatic carbocycles. The number of nitrogens with one attached hydrogen (secondary N) is 1. The fourth-order valence-electron chi connectivity index (χ4n) is 2.25. The van der Waals surface area contributed by atoms with Gasteiger partial charge in [-0.15, -0.1) is 0 Å². The van der Waals surface area contributed by atoms with Gasteiger partial charge in [0.1, 0.15) is 5.60 Å². The van der Waals surface area contributed by atoms with Crippen molar-refractivity contribution >= 4 is 5.97 Å². The van der Waals surface area contributed by atoms with Gasteiger partial charge in [0, 0.05) is 0 Å². The van der Waals surface area contributed by atoms with E-state index in [2.05, 4.69) is 19.2 Å². The highest BCUT2D eigenvalue weighted by molar-refractivity contribution is 5.73. The Kier molecular flexibility index (Phi) is 4.36. The minimum absolute atomic E-state index is 0.0206. The fourth-order valence-corrected chi connectivity index (χ4v) is 2.25. The molecule has 1 rings (SSSR count). The number of hydrogen-bond acceptors (Lipinski definition) is 3. The van der Waals surface area contributed by atoms with Crippen LogP contribution in [0.4, 0.5) is 0 Å². The predicted molar refractivity (Wildman–Crippen MR) is 65.1 cm³/mol. The summed E-state index contributed by atoms with van der Waals surface area (Å²) in [5, 5.41) is 3.36. The van der Waals surface area contributed by atoms with E-state index in [0.29, 0.717) is 11.8 Å². The summed E-state index contributed by atoms with van der Waals surface area (Å²) in [4.78, 5) is 12.1. The average Bonchev–Trinajstić information content (AvgIpc) is 2.15. The molecule has 0 bridgehead atoms. The maximum atomic E-state index is 12.1. The topological polar surface area (TPSA) is 38.3 Å². The summed E-state index contributed by atoms with van der Waals surface area (Å²) < 4.78 is 5.49. The number of rotatable bonds is 2. The molecule has 0 radical (unpaired) electrons. The number of piperidine rings is 1. The average molecular weight is 227 g/mol. The lowest BCUT2D eigenvalue weighted by Crippen LogP contribution is -2.44. The third kappa shape index (κ3) is 3.78. The number of carbonyl (C=O) groups excluding carboxylic acids is 1. The summed E-state index contributed by atoms with van der Waals surface area (Å²) in [6, 6.07) is 0. The van der Waals surface area contributed by atoms with Crippen molar-refractivity contribution in [1.82, 2.24) is 5.32 Å². The Morgan fingerprint density at radius 1 is 1.38 bits per heavy atom. The Balaban J connectivity index is 2.64. The second-order valence-electron chi connectivity index (χ2n) is 6.04. The molecule has 16 heavy (non-hydrogen) atoms. The first kappa shape index (κ1) is 13.5. The van der Waals surface area contributed by atoms with Crippen LogP contribution in [0.2, 0.25) is 0 Å². The van der Waals surface area contributed by atoms with Crippen LogP contribution in [0.25, 0.3) is 0 Å². The normalized spacial score (nSPS) is 26.9. The summed E-state index contributed by atoms with van der Waals surface area (Å²) in [5.41, 5.74) is -0.372. The zero-order valence-electron chi connectivity index (χ0n) is 11.2. The van der Waals surface area contributed by atoms with Crippen molar-refractivity contribution in [2.45, 2.75) is 46.6 Å². The largest absolute Gasteiger partial charge is 0.460 e. The molecule has 1 aliphatic heterocycles. The lowest BCUT2D eigenvalue weighted by atomic mass is 9.79. The molecule has 1 saturated heterocycles. The Bertz CT molecular complexity index is 243. The smallest absolute Gasteiger partial charge is 0.309 e. The summed E-state index contributed by atoms with van der Waals surface area (Å²) in [7, 11) is 0.